The summed E-state index contributed by atoms with van der Waals surface area (Å²) in [5, 5.41) is 2.97. The van der Waals surface area contributed by atoms with Crippen LogP contribution in [0.5, 0.6) is 11.5 Å². The zero-order valence-electron chi connectivity index (χ0n) is 24.1. The summed E-state index contributed by atoms with van der Waals surface area (Å²) in [5.41, 5.74) is 1.94. The summed E-state index contributed by atoms with van der Waals surface area (Å²) in [7, 11) is -0.967. The van der Waals surface area contributed by atoms with Crippen LogP contribution >= 0.6 is 0 Å². The molecule has 0 bridgehead atoms. The van der Waals surface area contributed by atoms with E-state index in [1.165, 1.54) is 25.2 Å². The smallest absolute Gasteiger partial charge is 0.244 e. The van der Waals surface area contributed by atoms with E-state index in [0.717, 1.165) is 34.5 Å². The van der Waals surface area contributed by atoms with E-state index in [4.69, 9.17) is 9.47 Å². The first-order valence-corrected chi connectivity index (χ1v) is 15.4. The SMILES string of the molecule is CCCCNC(=O)[C@@H](Cc1ccccc1)N(Cc1ccccc1)C(=O)CN(c1ccc(OC)c(OC)c1)S(C)(=O)=O. The summed E-state index contributed by atoms with van der Waals surface area (Å²) in [6, 6.07) is 22.6. The molecular weight excluding hydrogens is 542 g/mol. The number of rotatable bonds is 15. The summed E-state index contributed by atoms with van der Waals surface area (Å²) in [6.45, 7) is 2.14. The molecule has 3 rings (SSSR count). The summed E-state index contributed by atoms with van der Waals surface area (Å²) < 4.78 is 37.6. The maximum Gasteiger partial charge on any atom is 0.244 e. The first kappa shape index (κ1) is 31.5. The van der Waals surface area contributed by atoms with Crippen LogP contribution < -0.4 is 19.1 Å². The van der Waals surface area contributed by atoms with Gasteiger partial charge in [0.1, 0.15) is 12.6 Å². The quantitative estimate of drug-likeness (QED) is 0.272. The van der Waals surface area contributed by atoms with Gasteiger partial charge >= 0.3 is 0 Å². The predicted molar refractivity (Wildman–Crippen MR) is 161 cm³/mol. The van der Waals surface area contributed by atoms with Crippen molar-refractivity contribution >= 4 is 27.5 Å². The Hall–Kier alpha value is -4.05. The molecule has 10 heteroatoms. The van der Waals surface area contributed by atoms with Crippen molar-refractivity contribution in [2.24, 2.45) is 0 Å². The van der Waals surface area contributed by atoms with Gasteiger partial charge in [-0.15, -0.1) is 0 Å². The number of nitrogens with one attached hydrogen (secondary N) is 1. The molecule has 2 amide bonds. The van der Waals surface area contributed by atoms with E-state index in [1.807, 2.05) is 67.6 Å². The fraction of sp³-hybridized carbons (Fsp3) is 0.355. The zero-order valence-corrected chi connectivity index (χ0v) is 24.9. The second-order valence-electron chi connectivity index (χ2n) is 9.67. The van der Waals surface area contributed by atoms with Crippen molar-refractivity contribution in [2.45, 2.75) is 38.8 Å². The molecule has 0 saturated heterocycles. The Morgan fingerprint density at radius 2 is 1.49 bits per heavy atom. The standard InChI is InChI=1S/C31H39N3O6S/c1-5-6-19-32-31(36)27(20-24-13-9-7-10-14-24)33(22-25-15-11-8-12-16-25)30(35)23-34(41(4,37)38)26-17-18-28(39-2)29(21-26)40-3/h7-18,21,27H,5-6,19-20,22-23H2,1-4H3,(H,32,36)/t27-/m1/s1. The Bertz CT molecular complexity index is 1380. The summed E-state index contributed by atoms with van der Waals surface area (Å²) in [6.07, 6.45) is 3.02. The van der Waals surface area contributed by atoms with E-state index in [9.17, 15) is 18.0 Å². The number of carbonyl (C=O) groups excluding carboxylic acids is 2. The lowest BCUT2D eigenvalue weighted by molar-refractivity contribution is -0.140. The molecule has 3 aromatic carbocycles. The van der Waals surface area contributed by atoms with Gasteiger partial charge in [0.05, 0.1) is 26.2 Å². The number of ether oxygens (including phenoxy) is 2. The molecule has 0 aliphatic carbocycles. The monoisotopic (exact) mass is 581 g/mol. The number of nitrogens with zero attached hydrogens (tertiary/aromatic N) is 2. The number of carbonyl (C=O) groups is 2. The van der Waals surface area contributed by atoms with Crippen LogP contribution in [-0.2, 0) is 32.6 Å². The van der Waals surface area contributed by atoms with Gasteiger partial charge in [0.2, 0.25) is 21.8 Å². The average Bonchev–Trinajstić information content (AvgIpc) is 2.97. The van der Waals surface area contributed by atoms with Crippen LogP contribution in [0.3, 0.4) is 0 Å². The first-order valence-electron chi connectivity index (χ1n) is 13.5. The number of hydrogen-bond acceptors (Lipinski definition) is 6. The lowest BCUT2D eigenvalue weighted by atomic mass is 10.0. The van der Waals surface area contributed by atoms with Gasteiger partial charge in [-0.25, -0.2) is 8.42 Å². The minimum Gasteiger partial charge on any atom is -0.493 e. The molecule has 0 heterocycles. The second kappa shape index (κ2) is 15.1. The molecule has 9 nitrogen and oxygen atoms in total. The fourth-order valence-corrected chi connectivity index (χ4v) is 5.28. The third-order valence-corrected chi connectivity index (χ3v) is 7.77. The lowest BCUT2D eigenvalue weighted by Crippen LogP contribution is -2.53. The zero-order chi connectivity index (χ0) is 29.8. The van der Waals surface area contributed by atoms with E-state index in [2.05, 4.69) is 5.32 Å². The minimum atomic E-state index is -3.90. The molecule has 220 valence electrons. The third-order valence-electron chi connectivity index (χ3n) is 6.63. The highest BCUT2D eigenvalue weighted by molar-refractivity contribution is 7.92. The molecule has 0 radical (unpaired) electrons. The van der Waals surface area contributed by atoms with Crippen molar-refractivity contribution in [3.05, 3.63) is 90.0 Å². The summed E-state index contributed by atoms with van der Waals surface area (Å²) in [4.78, 5) is 29.2. The molecule has 41 heavy (non-hydrogen) atoms. The number of amides is 2. The van der Waals surface area contributed by atoms with Crippen LogP contribution in [0.1, 0.15) is 30.9 Å². The van der Waals surface area contributed by atoms with Crippen molar-refractivity contribution in [3.63, 3.8) is 0 Å². The Balaban J connectivity index is 2.03. The van der Waals surface area contributed by atoms with Gasteiger partial charge in [0.15, 0.2) is 11.5 Å². The summed E-state index contributed by atoms with van der Waals surface area (Å²) >= 11 is 0. The van der Waals surface area contributed by atoms with Crippen LogP contribution in [0.25, 0.3) is 0 Å². The van der Waals surface area contributed by atoms with E-state index < -0.39 is 28.5 Å². The van der Waals surface area contributed by atoms with Gasteiger partial charge in [-0.2, -0.15) is 0 Å². The van der Waals surface area contributed by atoms with Crippen LogP contribution in [0.2, 0.25) is 0 Å². The van der Waals surface area contributed by atoms with Crippen LogP contribution in [0.4, 0.5) is 5.69 Å². The second-order valence-corrected chi connectivity index (χ2v) is 11.6. The Morgan fingerprint density at radius 3 is 2.05 bits per heavy atom. The highest BCUT2D eigenvalue weighted by atomic mass is 32.2. The maximum absolute atomic E-state index is 14.1. The van der Waals surface area contributed by atoms with Gasteiger partial charge in [-0.3, -0.25) is 13.9 Å². The number of methoxy groups -OCH3 is 2. The Morgan fingerprint density at radius 1 is 0.878 bits per heavy atom. The molecule has 0 aromatic heterocycles. The third kappa shape index (κ3) is 8.97. The molecule has 0 fully saturated rings. The largest absolute Gasteiger partial charge is 0.493 e. The van der Waals surface area contributed by atoms with Crippen molar-refractivity contribution in [1.29, 1.82) is 0 Å². The highest BCUT2D eigenvalue weighted by Gasteiger charge is 2.33. The van der Waals surface area contributed by atoms with Gasteiger partial charge in [0, 0.05) is 25.6 Å². The number of hydrogen-bond donors (Lipinski definition) is 1. The molecule has 3 aromatic rings. The van der Waals surface area contributed by atoms with E-state index in [-0.39, 0.29) is 24.6 Å². The van der Waals surface area contributed by atoms with E-state index >= 15 is 0 Å². The normalized spacial score (nSPS) is 11.8. The molecule has 1 atom stereocenters. The molecular formula is C31H39N3O6S. The molecule has 1 N–H and O–H groups in total. The number of sulfonamides is 1. The maximum atomic E-state index is 14.1. The molecule has 0 aliphatic rings. The molecule has 0 saturated carbocycles. The van der Waals surface area contributed by atoms with E-state index in [0.29, 0.717) is 18.0 Å². The van der Waals surface area contributed by atoms with Gasteiger partial charge in [-0.1, -0.05) is 74.0 Å². The topological polar surface area (TPSA) is 105 Å². The Labute approximate surface area is 243 Å². The van der Waals surface area contributed by atoms with Crippen molar-refractivity contribution < 1.29 is 27.5 Å². The van der Waals surface area contributed by atoms with Crippen molar-refractivity contribution in [1.82, 2.24) is 10.2 Å². The van der Waals surface area contributed by atoms with Crippen LogP contribution in [0, 0.1) is 0 Å². The van der Waals surface area contributed by atoms with Crippen LogP contribution in [-0.4, -0.2) is 64.7 Å². The van der Waals surface area contributed by atoms with Gasteiger partial charge in [-0.05, 0) is 29.7 Å². The van der Waals surface area contributed by atoms with Gasteiger partial charge < -0.3 is 19.7 Å². The van der Waals surface area contributed by atoms with E-state index in [1.54, 1.807) is 12.1 Å². The first-order chi connectivity index (χ1) is 19.7. The minimum absolute atomic E-state index is 0.127. The fourth-order valence-electron chi connectivity index (χ4n) is 4.43. The Kier molecular flexibility index (Phi) is 11.6. The highest BCUT2D eigenvalue weighted by Crippen LogP contribution is 2.32. The molecule has 0 aliphatic heterocycles. The average molecular weight is 582 g/mol. The predicted octanol–water partition coefficient (Wildman–Crippen LogP) is 4.03. The lowest BCUT2D eigenvalue weighted by Gasteiger charge is -2.33. The van der Waals surface area contributed by atoms with Crippen LogP contribution in [0.15, 0.2) is 78.9 Å². The number of unbranched alkanes of at least 4 members (excludes halogenated alkanes) is 1. The molecule has 0 spiro atoms. The summed E-state index contributed by atoms with van der Waals surface area (Å²) in [5.74, 6) is -0.0536. The van der Waals surface area contributed by atoms with Crippen molar-refractivity contribution in [3.8, 4) is 11.5 Å². The number of anilines is 1. The van der Waals surface area contributed by atoms with Crippen molar-refractivity contribution in [2.75, 3.05) is 37.9 Å². The van der Waals surface area contributed by atoms with Gasteiger partial charge in [0.25, 0.3) is 0 Å². The molecule has 0 unspecified atom stereocenters. The number of benzene rings is 3.